The summed E-state index contributed by atoms with van der Waals surface area (Å²) in [4.78, 5) is 15.2. The Kier molecular flexibility index (Phi) is 9.21. The minimum atomic E-state index is -4.99. The van der Waals surface area contributed by atoms with Gasteiger partial charge in [-0.25, -0.2) is 15.0 Å². The second-order valence-corrected chi connectivity index (χ2v) is 16.5. The molecule has 4 nitrogen and oxygen atoms in total. The van der Waals surface area contributed by atoms with Gasteiger partial charge in [0.15, 0.2) is 17.5 Å². The largest absolute Gasteiger partial charge is 0.416 e. The number of thiophene rings is 1. The van der Waals surface area contributed by atoms with E-state index < -0.39 is 23.5 Å². The predicted octanol–water partition coefficient (Wildman–Crippen LogP) is 15.7. The Morgan fingerprint density at radius 3 is 1.55 bits per heavy atom. The molecule has 11 rings (SSSR count). The average Bonchev–Trinajstić information content (AvgIpc) is 3.86. The average molecular weight is 869 g/mol. The van der Waals surface area contributed by atoms with Crippen molar-refractivity contribution in [2.45, 2.75) is 12.4 Å². The molecule has 3 aromatic heterocycles. The first-order valence-electron chi connectivity index (χ1n) is 20.2. The standard InChI is InChI=1S/C53H30F6N4S/c54-52(55,56)37-25-36(26-38(30-37)53(57,58)59)34-21-23-45-42(27-34)39-15-7-9-17-44(39)63(45)46-24-20-33(35-19-22-41-40-16-8-10-18-47(40)64-48(41)29-35)28-43(46)51-61-49(31-11-3-1-4-12-31)60-50(62-51)32-13-5-2-6-14-32/h1-30H. The fraction of sp³-hybridized carbons (Fsp3) is 0.0377. The Morgan fingerprint density at radius 1 is 0.359 bits per heavy atom. The lowest BCUT2D eigenvalue weighted by atomic mass is 9.97. The van der Waals surface area contributed by atoms with Crippen LogP contribution in [0.5, 0.6) is 0 Å². The van der Waals surface area contributed by atoms with Gasteiger partial charge in [0.1, 0.15) is 0 Å². The molecule has 0 aliphatic rings. The summed E-state index contributed by atoms with van der Waals surface area (Å²) in [6.45, 7) is 0. The molecule has 0 radical (unpaired) electrons. The van der Waals surface area contributed by atoms with Gasteiger partial charge in [-0.15, -0.1) is 11.3 Å². The molecule has 64 heavy (non-hydrogen) atoms. The maximum absolute atomic E-state index is 14.0. The third kappa shape index (κ3) is 6.94. The van der Waals surface area contributed by atoms with Gasteiger partial charge in [-0.3, -0.25) is 0 Å². The highest BCUT2D eigenvalue weighted by Gasteiger charge is 2.37. The molecule has 11 aromatic rings. The monoisotopic (exact) mass is 868 g/mol. The molecule has 0 aliphatic heterocycles. The van der Waals surface area contributed by atoms with Crippen molar-refractivity contribution in [3.8, 4) is 62.1 Å². The van der Waals surface area contributed by atoms with Crippen LogP contribution in [0.15, 0.2) is 182 Å². The molecule has 8 aromatic carbocycles. The number of benzene rings is 8. The Labute approximate surface area is 365 Å². The Bertz CT molecular complexity index is 3500. The normalized spacial score (nSPS) is 12.2. The molecule has 310 valence electrons. The van der Waals surface area contributed by atoms with Gasteiger partial charge in [-0.05, 0) is 82.9 Å². The van der Waals surface area contributed by atoms with Crippen LogP contribution in [0.25, 0.3) is 104 Å². The van der Waals surface area contributed by atoms with E-state index in [0.29, 0.717) is 39.6 Å². The topological polar surface area (TPSA) is 43.6 Å². The maximum Gasteiger partial charge on any atom is 0.416 e. The summed E-state index contributed by atoms with van der Waals surface area (Å²) in [5.41, 5.74) is 3.55. The summed E-state index contributed by atoms with van der Waals surface area (Å²) in [7, 11) is 0. The SMILES string of the molecule is FC(F)(F)c1cc(-c2ccc3c(c2)c2ccccc2n3-c2ccc(-c3ccc4c(c3)sc3ccccc34)cc2-c2nc(-c3ccccc3)nc(-c3ccccc3)n2)cc(C(F)(F)F)c1. The van der Waals surface area contributed by atoms with Gasteiger partial charge in [0.05, 0.1) is 27.8 Å². The number of nitrogens with zero attached hydrogens (tertiary/aromatic N) is 4. The van der Waals surface area contributed by atoms with Crippen molar-refractivity contribution in [2.24, 2.45) is 0 Å². The molecular formula is C53H30F6N4S. The van der Waals surface area contributed by atoms with E-state index in [2.05, 4.69) is 36.4 Å². The fourth-order valence-electron chi connectivity index (χ4n) is 8.46. The van der Waals surface area contributed by atoms with E-state index in [1.807, 2.05) is 114 Å². The summed E-state index contributed by atoms with van der Waals surface area (Å²) in [6.07, 6.45) is -9.98. The van der Waals surface area contributed by atoms with E-state index >= 15 is 0 Å². The molecule has 0 saturated carbocycles. The lowest BCUT2D eigenvalue weighted by Gasteiger charge is -2.17. The summed E-state index contributed by atoms with van der Waals surface area (Å²) < 4.78 is 88.3. The van der Waals surface area contributed by atoms with E-state index in [4.69, 9.17) is 15.0 Å². The van der Waals surface area contributed by atoms with Crippen molar-refractivity contribution in [2.75, 3.05) is 0 Å². The molecule has 0 bridgehead atoms. The van der Waals surface area contributed by atoms with E-state index in [1.54, 1.807) is 29.5 Å². The van der Waals surface area contributed by atoms with Crippen LogP contribution in [0.2, 0.25) is 0 Å². The minimum absolute atomic E-state index is 0.146. The Morgan fingerprint density at radius 2 is 0.875 bits per heavy atom. The molecule has 0 fully saturated rings. The number of hydrogen-bond donors (Lipinski definition) is 0. The molecule has 3 heterocycles. The highest BCUT2D eigenvalue weighted by molar-refractivity contribution is 7.25. The molecule has 0 aliphatic carbocycles. The van der Waals surface area contributed by atoms with Gasteiger partial charge in [0.2, 0.25) is 0 Å². The molecule has 0 amide bonds. The van der Waals surface area contributed by atoms with Gasteiger partial charge in [0, 0.05) is 47.6 Å². The van der Waals surface area contributed by atoms with Gasteiger partial charge < -0.3 is 4.57 Å². The molecular weight excluding hydrogens is 839 g/mol. The van der Waals surface area contributed by atoms with Gasteiger partial charge in [0.25, 0.3) is 0 Å². The van der Waals surface area contributed by atoms with E-state index in [9.17, 15) is 26.3 Å². The van der Waals surface area contributed by atoms with E-state index in [1.165, 1.54) is 15.5 Å². The van der Waals surface area contributed by atoms with Crippen molar-refractivity contribution < 1.29 is 26.3 Å². The van der Waals surface area contributed by atoms with Crippen LogP contribution in [-0.2, 0) is 12.4 Å². The summed E-state index contributed by atoms with van der Waals surface area (Å²) in [5, 5.41) is 3.75. The second-order valence-electron chi connectivity index (χ2n) is 15.5. The zero-order chi connectivity index (χ0) is 43.7. The van der Waals surface area contributed by atoms with Crippen molar-refractivity contribution >= 4 is 53.3 Å². The van der Waals surface area contributed by atoms with Crippen molar-refractivity contribution in [1.29, 1.82) is 0 Å². The van der Waals surface area contributed by atoms with Crippen molar-refractivity contribution in [1.82, 2.24) is 19.5 Å². The molecule has 11 heteroatoms. The number of halogens is 6. The first-order chi connectivity index (χ1) is 31.0. The predicted molar refractivity (Wildman–Crippen MR) is 244 cm³/mol. The molecule has 0 atom stereocenters. The maximum atomic E-state index is 14.0. The number of fused-ring (bicyclic) bond motifs is 6. The zero-order valence-corrected chi connectivity index (χ0v) is 34.1. The van der Waals surface area contributed by atoms with E-state index in [0.717, 1.165) is 50.0 Å². The quantitative estimate of drug-likeness (QED) is 0.156. The zero-order valence-electron chi connectivity index (χ0n) is 33.3. The summed E-state index contributed by atoms with van der Waals surface area (Å²) >= 11 is 1.73. The number of rotatable bonds is 6. The lowest BCUT2D eigenvalue weighted by Crippen LogP contribution is -2.11. The first kappa shape index (κ1) is 39.2. The summed E-state index contributed by atoms with van der Waals surface area (Å²) in [6, 6.07) is 54.4. The molecule has 0 spiro atoms. The Balaban J connectivity index is 1.16. The first-order valence-corrected chi connectivity index (χ1v) is 21.0. The van der Waals surface area contributed by atoms with Gasteiger partial charge >= 0.3 is 12.4 Å². The van der Waals surface area contributed by atoms with Crippen LogP contribution >= 0.6 is 11.3 Å². The van der Waals surface area contributed by atoms with Crippen LogP contribution in [0, 0.1) is 0 Å². The van der Waals surface area contributed by atoms with E-state index in [-0.39, 0.29) is 17.2 Å². The lowest BCUT2D eigenvalue weighted by molar-refractivity contribution is -0.143. The molecule has 0 N–H and O–H groups in total. The van der Waals surface area contributed by atoms with Crippen LogP contribution in [0.4, 0.5) is 26.3 Å². The smallest absolute Gasteiger partial charge is 0.309 e. The molecule has 0 unspecified atom stereocenters. The van der Waals surface area contributed by atoms with Crippen molar-refractivity contribution in [3.05, 3.63) is 193 Å². The number of alkyl halides is 6. The van der Waals surface area contributed by atoms with Crippen LogP contribution < -0.4 is 0 Å². The number of para-hydroxylation sites is 1. The highest BCUT2D eigenvalue weighted by Crippen LogP contribution is 2.43. The minimum Gasteiger partial charge on any atom is -0.309 e. The second kappa shape index (κ2) is 15.0. The van der Waals surface area contributed by atoms with Crippen LogP contribution in [0.3, 0.4) is 0 Å². The van der Waals surface area contributed by atoms with Gasteiger partial charge in [-0.2, -0.15) is 26.3 Å². The third-order valence-corrected chi connectivity index (χ3v) is 12.6. The van der Waals surface area contributed by atoms with Crippen LogP contribution in [0.1, 0.15) is 11.1 Å². The summed E-state index contributed by atoms with van der Waals surface area (Å²) in [5.74, 6) is 1.34. The highest BCUT2D eigenvalue weighted by atomic mass is 32.1. The van der Waals surface area contributed by atoms with Crippen molar-refractivity contribution in [3.63, 3.8) is 0 Å². The number of hydrogen-bond acceptors (Lipinski definition) is 4. The van der Waals surface area contributed by atoms with Crippen LogP contribution in [-0.4, -0.2) is 19.5 Å². The van der Waals surface area contributed by atoms with Gasteiger partial charge in [-0.1, -0.05) is 121 Å². The number of aromatic nitrogens is 4. The fourth-order valence-corrected chi connectivity index (χ4v) is 9.60. The molecule has 0 saturated heterocycles. The Hall–Kier alpha value is -7.63. The third-order valence-electron chi connectivity index (χ3n) is 11.5.